The number of rotatable bonds is 6. The summed E-state index contributed by atoms with van der Waals surface area (Å²) in [6, 6.07) is 14.5. The van der Waals surface area contributed by atoms with Crippen molar-refractivity contribution in [1.82, 2.24) is 0 Å². The number of hydrogen-bond donors (Lipinski definition) is 1. The number of nitrogens with one attached hydrogen (secondary N) is 1. The minimum Gasteiger partial charge on any atom is -0.371 e. The Balaban J connectivity index is 1.94. The van der Waals surface area contributed by atoms with Gasteiger partial charge < -0.3 is 10.2 Å². The molecule has 1 amide bonds. The highest BCUT2D eigenvalue weighted by molar-refractivity contribution is 5.91. The lowest BCUT2D eigenvalue weighted by atomic mass is 10.1. The summed E-state index contributed by atoms with van der Waals surface area (Å²) in [4.78, 5) is 14.5. The average Bonchev–Trinajstić information content (AvgIpc) is 2.51. The molecule has 0 radical (unpaired) electrons. The third-order valence-electron chi connectivity index (χ3n) is 4.01. The summed E-state index contributed by atoms with van der Waals surface area (Å²) in [5.41, 5.74) is 5.62. The SMILES string of the molecule is CCN(CCC(=O)Nc1ccc(C)cc1C)c1cccc(C)c1. The van der Waals surface area contributed by atoms with Crippen LogP contribution in [0.3, 0.4) is 0 Å². The standard InChI is InChI=1S/C20H26N2O/c1-5-22(18-8-6-7-15(2)14-18)12-11-20(23)21-19-10-9-16(3)13-17(19)4/h6-10,13-14H,5,11-12H2,1-4H3,(H,21,23). The van der Waals surface area contributed by atoms with Crippen molar-refractivity contribution in [2.24, 2.45) is 0 Å². The van der Waals surface area contributed by atoms with Crippen LogP contribution in [0, 0.1) is 20.8 Å². The monoisotopic (exact) mass is 310 g/mol. The molecule has 0 saturated carbocycles. The van der Waals surface area contributed by atoms with E-state index in [1.54, 1.807) is 0 Å². The lowest BCUT2D eigenvalue weighted by Gasteiger charge is -2.23. The van der Waals surface area contributed by atoms with E-state index < -0.39 is 0 Å². The molecule has 0 bridgehead atoms. The number of benzene rings is 2. The van der Waals surface area contributed by atoms with Crippen LogP contribution in [0.5, 0.6) is 0 Å². The molecule has 0 heterocycles. The van der Waals surface area contributed by atoms with Gasteiger partial charge in [0.25, 0.3) is 0 Å². The second-order valence-electron chi connectivity index (χ2n) is 6.04. The Kier molecular flexibility index (Phi) is 5.80. The van der Waals surface area contributed by atoms with Crippen LogP contribution in [0.2, 0.25) is 0 Å². The van der Waals surface area contributed by atoms with Crippen LogP contribution < -0.4 is 10.2 Å². The first kappa shape index (κ1) is 17.1. The third kappa shape index (κ3) is 4.85. The van der Waals surface area contributed by atoms with Crippen LogP contribution in [0.1, 0.15) is 30.0 Å². The van der Waals surface area contributed by atoms with E-state index in [2.05, 4.69) is 61.3 Å². The molecule has 0 aliphatic rings. The minimum atomic E-state index is 0.0584. The zero-order chi connectivity index (χ0) is 16.8. The third-order valence-corrected chi connectivity index (χ3v) is 4.01. The van der Waals surface area contributed by atoms with Gasteiger partial charge in [-0.25, -0.2) is 0 Å². The van der Waals surface area contributed by atoms with Gasteiger partial charge in [0.05, 0.1) is 0 Å². The Bertz CT molecular complexity index is 679. The van der Waals surface area contributed by atoms with Gasteiger partial charge >= 0.3 is 0 Å². The van der Waals surface area contributed by atoms with Crippen molar-refractivity contribution in [3.05, 3.63) is 59.2 Å². The molecular weight excluding hydrogens is 284 g/mol. The Hall–Kier alpha value is -2.29. The number of carbonyl (C=O) groups is 1. The van der Waals surface area contributed by atoms with E-state index in [-0.39, 0.29) is 5.91 Å². The van der Waals surface area contributed by atoms with Gasteiger partial charge in [0.15, 0.2) is 0 Å². The summed E-state index contributed by atoms with van der Waals surface area (Å²) in [6.45, 7) is 9.89. The van der Waals surface area contributed by atoms with E-state index in [0.717, 1.165) is 24.3 Å². The van der Waals surface area contributed by atoms with Crippen LogP contribution in [0.4, 0.5) is 11.4 Å². The minimum absolute atomic E-state index is 0.0584. The van der Waals surface area contributed by atoms with Gasteiger partial charge in [0.1, 0.15) is 0 Å². The first-order valence-corrected chi connectivity index (χ1v) is 8.18. The number of aryl methyl sites for hydroxylation is 3. The van der Waals surface area contributed by atoms with Gasteiger partial charge in [-0.3, -0.25) is 4.79 Å². The number of nitrogens with zero attached hydrogens (tertiary/aromatic N) is 1. The zero-order valence-electron chi connectivity index (χ0n) is 14.5. The molecule has 23 heavy (non-hydrogen) atoms. The van der Waals surface area contributed by atoms with Crippen molar-refractivity contribution in [2.75, 3.05) is 23.3 Å². The average molecular weight is 310 g/mol. The molecular formula is C20H26N2O. The van der Waals surface area contributed by atoms with E-state index in [9.17, 15) is 4.79 Å². The largest absolute Gasteiger partial charge is 0.371 e. The van der Waals surface area contributed by atoms with Crippen molar-refractivity contribution in [2.45, 2.75) is 34.1 Å². The van der Waals surface area contributed by atoms with E-state index in [1.807, 2.05) is 19.1 Å². The lowest BCUT2D eigenvalue weighted by Crippen LogP contribution is -2.27. The molecule has 0 fully saturated rings. The summed E-state index contributed by atoms with van der Waals surface area (Å²) in [6.07, 6.45) is 0.481. The maximum atomic E-state index is 12.2. The predicted molar refractivity (Wildman–Crippen MR) is 98.2 cm³/mol. The van der Waals surface area contributed by atoms with E-state index in [4.69, 9.17) is 0 Å². The van der Waals surface area contributed by atoms with Gasteiger partial charge in [0, 0.05) is 30.9 Å². The summed E-state index contributed by atoms with van der Waals surface area (Å²) in [5.74, 6) is 0.0584. The molecule has 0 aromatic heterocycles. The molecule has 2 aromatic rings. The molecule has 0 aliphatic heterocycles. The maximum absolute atomic E-state index is 12.2. The Morgan fingerprint density at radius 3 is 2.43 bits per heavy atom. The second kappa shape index (κ2) is 7.82. The van der Waals surface area contributed by atoms with Crippen LogP contribution in [-0.4, -0.2) is 19.0 Å². The van der Waals surface area contributed by atoms with Crippen molar-refractivity contribution in [1.29, 1.82) is 0 Å². The normalized spacial score (nSPS) is 10.4. The van der Waals surface area contributed by atoms with Gasteiger partial charge in [-0.1, -0.05) is 29.8 Å². The van der Waals surface area contributed by atoms with Crippen molar-refractivity contribution in [3.8, 4) is 0 Å². The summed E-state index contributed by atoms with van der Waals surface area (Å²) < 4.78 is 0. The van der Waals surface area contributed by atoms with Crippen molar-refractivity contribution >= 4 is 17.3 Å². The first-order chi connectivity index (χ1) is 11.0. The zero-order valence-corrected chi connectivity index (χ0v) is 14.5. The molecule has 3 heteroatoms. The van der Waals surface area contributed by atoms with Gasteiger partial charge in [0.2, 0.25) is 5.91 Å². The summed E-state index contributed by atoms with van der Waals surface area (Å²) >= 11 is 0. The molecule has 2 rings (SSSR count). The number of anilines is 2. The fourth-order valence-corrected chi connectivity index (χ4v) is 2.70. The van der Waals surface area contributed by atoms with Gasteiger partial charge in [-0.2, -0.15) is 0 Å². The van der Waals surface area contributed by atoms with Crippen molar-refractivity contribution in [3.63, 3.8) is 0 Å². The van der Waals surface area contributed by atoms with Crippen LogP contribution in [0.25, 0.3) is 0 Å². The van der Waals surface area contributed by atoms with E-state index >= 15 is 0 Å². The fourth-order valence-electron chi connectivity index (χ4n) is 2.70. The molecule has 0 spiro atoms. The number of carbonyl (C=O) groups excluding carboxylic acids is 1. The Morgan fingerprint density at radius 2 is 1.78 bits per heavy atom. The highest BCUT2D eigenvalue weighted by Crippen LogP contribution is 2.18. The van der Waals surface area contributed by atoms with Crippen LogP contribution in [-0.2, 0) is 4.79 Å². The van der Waals surface area contributed by atoms with Crippen LogP contribution >= 0.6 is 0 Å². The maximum Gasteiger partial charge on any atom is 0.226 e. The molecule has 2 aromatic carbocycles. The van der Waals surface area contributed by atoms with Gasteiger partial charge in [-0.15, -0.1) is 0 Å². The molecule has 0 unspecified atom stereocenters. The highest BCUT2D eigenvalue weighted by atomic mass is 16.1. The number of amides is 1. The highest BCUT2D eigenvalue weighted by Gasteiger charge is 2.09. The first-order valence-electron chi connectivity index (χ1n) is 8.18. The van der Waals surface area contributed by atoms with E-state index in [0.29, 0.717) is 6.42 Å². The Labute approximate surface area is 139 Å². The molecule has 122 valence electrons. The molecule has 1 N–H and O–H groups in total. The van der Waals surface area contributed by atoms with E-state index in [1.165, 1.54) is 16.8 Å². The molecule has 0 saturated heterocycles. The van der Waals surface area contributed by atoms with Crippen molar-refractivity contribution < 1.29 is 4.79 Å². The predicted octanol–water partition coefficient (Wildman–Crippen LogP) is 4.47. The van der Waals surface area contributed by atoms with Crippen LogP contribution in [0.15, 0.2) is 42.5 Å². The fraction of sp³-hybridized carbons (Fsp3) is 0.350. The molecule has 0 atom stereocenters. The summed E-state index contributed by atoms with van der Waals surface area (Å²) in [7, 11) is 0. The van der Waals surface area contributed by atoms with Gasteiger partial charge in [-0.05, 0) is 57.0 Å². The lowest BCUT2D eigenvalue weighted by molar-refractivity contribution is -0.116. The summed E-state index contributed by atoms with van der Waals surface area (Å²) in [5, 5.41) is 3.01. The smallest absolute Gasteiger partial charge is 0.226 e. The quantitative estimate of drug-likeness (QED) is 0.854. The molecule has 3 nitrogen and oxygen atoms in total. The number of hydrogen-bond acceptors (Lipinski definition) is 2. The second-order valence-corrected chi connectivity index (χ2v) is 6.04. The topological polar surface area (TPSA) is 32.3 Å². The molecule has 0 aliphatic carbocycles. The Morgan fingerprint density at radius 1 is 1.04 bits per heavy atom.